The minimum absolute atomic E-state index is 0.535. The Kier molecular flexibility index (Phi) is 5.97. The zero-order chi connectivity index (χ0) is 12.7. The Morgan fingerprint density at radius 3 is 2.65 bits per heavy atom. The van der Waals surface area contributed by atoms with Gasteiger partial charge in [-0.2, -0.15) is 0 Å². The quantitative estimate of drug-likeness (QED) is 0.683. The van der Waals surface area contributed by atoms with Crippen LogP contribution in [0.5, 0.6) is 0 Å². The van der Waals surface area contributed by atoms with Crippen molar-refractivity contribution < 1.29 is 5.11 Å². The lowest BCUT2D eigenvalue weighted by atomic mass is 9.98. The molecule has 1 aliphatic heterocycles. The number of aliphatic hydroxyl groups is 1. The molecular formula is C14H26N2O. The third-order valence-electron chi connectivity index (χ3n) is 3.46. The first-order chi connectivity index (χ1) is 8.07. The van der Waals surface area contributed by atoms with Gasteiger partial charge in [0, 0.05) is 25.7 Å². The summed E-state index contributed by atoms with van der Waals surface area (Å²) in [5.74, 6) is 2.69. The summed E-state index contributed by atoms with van der Waals surface area (Å²) in [5, 5.41) is 13.6. The molecule has 1 saturated heterocycles. The van der Waals surface area contributed by atoms with E-state index in [2.05, 4.69) is 23.1 Å². The number of terminal acetylenes is 1. The number of hydrogen-bond donors (Lipinski definition) is 2. The summed E-state index contributed by atoms with van der Waals surface area (Å²) in [7, 11) is 0. The lowest BCUT2D eigenvalue weighted by Crippen LogP contribution is -2.47. The fourth-order valence-electron chi connectivity index (χ4n) is 2.42. The maximum absolute atomic E-state index is 10.1. The molecule has 0 aromatic carbocycles. The van der Waals surface area contributed by atoms with Crippen molar-refractivity contribution in [3.05, 3.63) is 0 Å². The Balaban J connectivity index is 2.20. The largest absolute Gasteiger partial charge is 0.389 e. The Morgan fingerprint density at radius 2 is 2.12 bits per heavy atom. The minimum atomic E-state index is -0.565. The summed E-state index contributed by atoms with van der Waals surface area (Å²) in [6.45, 7) is 7.61. The second-order valence-electron chi connectivity index (χ2n) is 5.38. The molecule has 1 unspecified atom stereocenters. The standard InChI is InChI=1S/C14H26N2O/c1-4-8-14(3,17)12-15-13-6-10-16(9-5-2)11-7-13/h2,13,15,17H,4,6-12H2,1,3H3. The van der Waals surface area contributed by atoms with E-state index in [1.54, 1.807) is 0 Å². The molecule has 1 atom stereocenters. The molecule has 17 heavy (non-hydrogen) atoms. The van der Waals surface area contributed by atoms with E-state index in [0.29, 0.717) is 12.6 Å². The lowest BCUT2D eigenvalue weighted by Gasteiger charge is -2.33. The van der Waals surface area contributed by atoms with Crippen LogP contribution < -0.4 is 5.32 Å². The van der Waals surface area contributed by atoms with E-state index in [0.717, 1.165) is 45.3 Å². The van der Waals surface area contributed by atoms with E-state index >= 15 is 0 Å². The van der Waals surface area contributed by atoms with Gasteiger partial charge in [-0.05, 0) is 26.2 Å². The van der Waals surface area contributed by atoms with E-state index in [4.69, 9.17) is 6.42 Å². The van der Waals surface area contributed by atoms with Gasteiger partial charge in [-0.3, -0.25) is 4.90 Å². The summed E-state index contributed by atoms with van der Waals surface area (Å²) in [5.41, 5.74) is -0.565. The zero-order valence-electron chi connectivity index (χ0n) is 11.2. The molecule has 1 fully saturated rings. The first-order valence-corrected chi connectivity index (χ1v) is 6.69. The maximum Gasteiger partial charge on any atom is 0.0743 e. The monoisotopic (exact) mass is 238 g/mol. The van der Waals surface area contributed by atoms with Crippen molar-refractivity contribution >= 4 is 0 Å². The van der Waals surface area contributed by atoms with E-state index in [-0.39, 0.29) is 0 Å². The molecule has 0 radical (unpaired) electrons. The van der Waals surface area contributed by atoms with E-state index in [1.807, 2.05) is 6.92 Å². The van der Waals surface area contributed by atoms with Gasteiger partial charge < -0.3 is 10.4 Å². The molecule has 0 aromatic heterocycles. The van der Waals surface area contributed by atoms with Gasteiger partial charge >= 0.3 is 0 Å². The highest BCUT2D eigenvalue weighted by Gasteiger charge is 2.23. The molecule has 2 N–H and O–H groups in total. The number of nitrogens with zero attached hydrogens (tertiary/aromatic N) is 1. The van der Waals surface area contributed by atoms with Gasteiger partial charge in [-0.1, -0.05) is 19.3 Å². The smallest absolute Gasteiger partial charge is 0.0743 e. The molecule has 98 valence electrons. The first-order valence-electron chi connectivity index (χ1n) is 6.69. The highest BCUT2D eigenvalue weighted by atomic mass is 16.3. The SMILES string of the molecule is C#CCN1CCC(NCC(C)(O)CCC)CC1. The van der Waals surface area contributed by atoms with Crippen LogP contribution in [-0.2, 0) is 0 Å². The summed E-state index contributed by atoms with van der Waals surface area (Å²) < 4.78 is 0. The van der Waals surface area contributed by atoms with Gasteiger partial charge in [0.1, 0.15) is 0 Å². The van der Waals surface area contributed by atoms with Gasteiger partial charge in [0.05, 0.1) is 12.1 Å². The molecule has 0 spiro atoms. The summed E-state index contributed by atoms with van der Waals surface area (Å²) in [6, 6.07) is 0.535. The Morgan fingerprint density at radius 1 is 1.47 bits per heavy atom. The molecule has 0 aliphatic carbocycles. The van der Waals surface area contributed by atoms with Crippen LogP contribution >= 0.6 is 0 Å². The zero-order valence-corrected chi connectivity index (χ0v) is 11.2. The van der Waals surface area contributed by atoms with E-state index in [9.17, 15) is 5.11 Å². The normalized spacial score (nSPS) is 22.0. The fourth-order valence-corrected chi connectivity index (χ4v) is 2.42. The second kappa shape index (κ2) is 7.00. The lowest BCUT2D eigenvalue weighted by molar-refractivity contribution is 0.0442. The topological polar surface area (TPSA) is 35.5 Å². The molecule has 0 bridgehead atoms. The molecule has 3 nitrogen and oxygen atoms in total. The average Bonchev–Trinajstić information content (AvgIpc) is 2.29. The number of rotatable bonds is 6. The Bertz CT molecular complexity index is 249. The molecular weight excluding hydrogens is 212 g/mol. The molecule has 0 amide bonds. The van der Waals surface area contributed by atoms with Crippen molar-refractivity contribution in [1.82, 2.24) is 10.2 Å². The number of piperidine rings is 1. The van der Waals surface area contributed by atoms with Gasteiger partial charge in [0.25, 0.3) is 0 Å². The van der Waals surface area contributed by atoms with Crippen molar-refractivity contribution in [2.24, 2.45) is 0 Å². The first kappa shape index (κ1) is 14.5. The predicted octanol–water partition coefficient (Wildman–Crippen LogP) is 1.22. The number of nitrogens with one attached hydrogen (secondary N) is 1. The molecule has 1 rings (SSSR count). The van der Waals surface area contributed by atoms with Gasteiger partial charge in [-0.15, -0.1) is 6.42 Å². The molecule has 1 heterocycles. The molecule has 1 aliphatic rings. The Labute approximate surface area is 106 Å². The van der Waals surface area contributed by atoms with E-state index < -0.39 is 5.60 Å². The van der Waals surface area contributed by atoms with Gasteiger partial charge in [0.15, 0.2) is 0 Å². The maximum atomic E-state index is 10.1. The highest BCUT2D eigenvalue weighted by molar-refractivity contribution is 4.90. The van der Waals surface area contributed by atoms with Crippen LogP contribution in [0.25, 0.3) is 0 Å². The molecule has 0 saturated carbocycles. The van der Waals surface area contributed by atoms with Crippen LogP contribution in [0.15, 0.2) is 0 Å². The average molecular weight is 238 g/mol. The second-order valence-corrected chi connectivity index (χ2v) is 5.38. The third-order valence-corrected chi connectivity index (χ3v) is 3.46. The van der Waals surface area contributed by atoms with Crippen LogP contribution in [-0.4, -0.2) is 47.8 Å². The van der Waals surface area contributed by atoms with Crippen molar-refractivity contribution in [2.75, 3.05) is 26.2 Å². The van der Waals surface area contributed by atoms with Crippen LogP contribution in [0.1, 0.15) is 39.5 Å². The summed E-state index contributed by atoms with van der Waals surface area (Å²) in [6.07, 6.45) is 9.44. The van der Waals surface area contributed by atoms with Gasteiger partial charge in [-0.25, -0.2) is 0 Å². The number of hydrogen-bond acceptors (Lipinski definition) is 3. The Hall–Kier alpha value is -0.560. The van der Waals surface area contributed by atoms with Crippen LogP contribution in [0.2, 0.25) is 0 Å². The van der Waals surface area contributed by atoms with Crippen molar-refractivity contribution in [1.29, 1.82) is 0 Å². The van der Waals surface area contributed by atoms with Gasteiger partial charge in [0.2, 0.25) is 0 Å². The van der Waals surface area contributed by atoms with Crippen molar-refractivity contribution in [3.63, 3.8) is 0 Å². The summed E-state index contributed by atoms with van der Waals surface area (Å²) >= 11 is 0. The highest BCUT2D eigenvalue weighted by Crippen LogP contribution is 2.13. The summed E-state index contributed by atoms with van der Waals surface area (Å²) in [4.78, 5) is 2.31. The van der Waals surface area contributed by atoms with Crippen molar-refractivity contribution in [2.45, 2.75) is 51.2 Å². The third kappa shape index (κ3) is 5.54. The predicted molar refractivity (Wildman–Crippen MR) is 71.8 cm³/mol. The van der Waals surface area contributed by atoms with Crippen molar-refractivity contribution in [3.8, 4) is 12.3 Å². The molecule has 0 aromatic rings. The minimum Gasteiger partial charge on any atom is -0.389 e. The van der Waals surface area contributed by atoms with Crippen LogP contribution in [0.4, 0.5) is 0 Å². The fraction of sp³-hybridized carbons (Fsp3) is 0.857. The van der Waals surface area contributed by atoms with Crippen LogP contribution in [0.3, 0.4) is 0 Å². The molecule has 3 heteroatoms. The van der Waals surface area contributed by atoms with E-state index in [1.165, 1.54) is 0 Å². The van der Waals surface area contributed by atoms with Crippen LogP contribution in [0, 0.1) is 12.3 Å². The number of likely N-dealkylation sites (tertiary alicyclic amines) is 1.